The van der Waals surface area contributed by atoms with Crippen LogP contribution in [0.1, 0.15) is 40.9 Å². The first-order valence-corrected chi connectivity index (χ1v) is 9.47. The van der Waals surface area contributed by atoms with Gasteiger partial charge in [-0.15, -0.1) is 0 Å². The number of carboxylic acids is 1. The van der Waals surface area contributed by atoms with Crippen molar-refractivity contribution in [2.24, 2.45) is 5.92 Å². The SMILES string of the molecule is O=C(N[C@H]1CC[C@@H](C(=O)O)C1)C1Cc2ccccc2CN1C(=O)c1ccco1. The molecule has 7 heteroatoms. The minimum Gasteiger partial charge on any atom is -0.481 e. The zero-order valence-corrected chi connectivity index (χ0v) is 15.3. The van der Waals surface area contributed by atoms with Crippen LogP contribution in [0.25, 0.3) is 0 Å². The third-order valence-electron chi connectivity index (χ3n) is 5.67. The van der Waals surface area contributed by atoms with E-state index < -0.39 is 17.9 Å². The molecule has 146 valence electrons. The van der Waals surface area contributed by atoms with E-state index in [1.807, 2.05) is 24.3 Å². The predicted octanol–water partition coefficient (Wildman–Crippen LogP) is 2.22. The fourth-order valence-electron chi connectivity index (χ4n) is 4.15. The Bertz CT molecular complexity index is 892. The van der Waals surface area contributed by atoms with Crippen molar-refractivity contribution in [1.29, 1.82) is 0 Å². The Morgan fingerprint density at radius 3 is 2.54 bits per heavy atom. The number of hydrogen-bond acceptors (Lipinski definition) is 4. The van der Waals surface area contributed by atoms with Crippen molar-refractivity contribution in [3.8, 4) is 0 Å². The van der Waals surface area contributed by atoms with Gasteiger partial charge in [0.15, 0.2) is 5.76 Å². The van der Waals surface area contributed by atoms with Crippen molar-refractivity contribution in [2.75, 3.05) is 0 Å². The molecular formula is C21H22N2O5. The molecule has 2 aliphatic rings. The molecule has 1 aromatic heterocycles. The summed E-state index contributed by atoms with van der Waals surface area (Å²) >= 11 is 0. The molecule has 0 radical (unpaired) electrons. The summed E-state index contributed by atoms with van der Waals surface area (Å²) in [5.41, 5.74) is 2.05. The topological polar surface area (TPSA) is 99.9 Å². The van der Waals surface area contributed by atoms with E-state index in [-0.39, 0.29) is 23.6 Å². The molecule has 1 aliphatic heterocycles. The van der Waals surface area contributed by atoms with Gasteiger partial charge in [0, 0.05) is 19.0 Å². The van der Waals surface area contributed by atoms with E-state index in [4.69, 9.17) is 9.52 Å². The Kier molecular flexibility index (Phi) is 4.90. The summed E-state index contributed by atoms with van der Waals surface area (Å²) in [5.74, 6) is -1.61. The standard InChI is InChI=1S/C21H22N2O5/c24-19(22-16-8-7-14(10-16)21(26)27)17-11-13-4-1-2-5-15(13)12-23(17)20(25)18-6-3-9-28-18/h1-6,9,14,16-17H,7-8,10-12H2,(H,22,24)(H,26,27)/t14-,16+,17?/m1/s1. The van der Waals surface area contributed by atoms with E-state index in [0.29, 0.717) is 32.2 Å². The molecule has 0 spiro atoms. The molecule has 0 saturated heterocycles. The summed E-state index contributed by atoms with van der Waals surface area (Å²) in [7, 11) is 0. The van der Waals surface area contributed by atoms with E-state index in [1.54, 1.807) is 17.0 Å². The van der Waals surface area contributed by atoms with Crippen molar-refractivity contribution in [3.63, 3.8) is 0 Å². The average Bonchev–Trinajstić information content (AvgIpc) is 3.38. The number of aliphatic carboxylic acids is 1. The molecule has 2 amide bonds. The van der Waals surface area contributed by atoms with Crippen LogP contribution >= 0.6 is 0 Å². The Hall–Kier alpha value is -3.09. The van der Waals surface area contributed by atoms with Crippen LogP contribution in [0.4, 0.5) is 0 Å². The van der Waals surface area contributed by atoms with Crippen LogP contribution in [0.5, 0.6) is 0 Å². The maximum Gasteiger partial charge on any atom is 0.306 e. The van der Waals surface area contributed by atoms with Crippen LogP contribution in [-0.4, -0.2) is 39.9 Å². The molecule has 7 nitrogen and oxygen atoms in total. The summed E-state index contributed by atoms with van der Waals surface area (Å²) in [6.07, 6.45) is 3.48. The number of hydrogen-bond donors (Lipinski definition) is 2. The molecule has 1 aliphatic carbocycles. The zero-order valence-electron chi connectivity index (χ0n) is 15.3. The lowest BCUT2D eigenvalue weighted by Crippen LogP contribution is -2.54. The Labute approximate surface area is 162 Å². The second-order valence-electron chi connectivity index (χ2n) is 7.45. The van der Waals surface area contributed by atoms with Gasteiger partial charge in [0.2, 0.25) is 5.91 Å². The van der Waals surface area contributed by atoms with Crippen LogP contribution in [0, 0.1) is 5.92 Å². The largest absolute Gasteiger partial charge is 0.481 e. The number of carbonyl (C=O) groups is 3. The van der Waals surface area contributed by atoms with Crippen LogP contribution in [0.15, 0.2) is 47.1 Å². The molecule has 1 saturated carbocycles. The smallest absolute Gasteiger partial charge is 0.306 e. The zero-order chi connectivity index (χ0) is 19.7. The second-order valence-corrected chi connectivity index (χ2v) is 7.45. The highest BCUT2D eigenvalue weighted by Crippen LogP contribution is 2.28. The van der Waals surface area contributed by atoms with Gasteiger partial charge in [0.05, 0.1) is 12.2 Å². The first-order chi connectivity index (χ1) is 13.5. The minimum atomic E-state index is -0.821. The first-order valence-electron chi connectivity index (χ1n) is 9.47. The fourth-order valence-corrected chi connectivity index (χ4v) is 4.15. The van der Waals surface area contributed by atoms with E-state index >= 15 is 0 Å². The normalized spacial score (nSPS) is 23.9. The molecule has 1 aromatic carbocycles. The first kappa shape index (κ1) is 18.3. The Morgan fingerprint density at radius 2 is 1.86 bits per heavy atom. The van der Waals surface area contributed by atoms with Gasteiger partial charge in [-0.3, -0.25) is 14.4 Å². The molecule has 4 rings (SSSR count). The van der Waals surface area contributed by atoms with Crippen LogP contribution < -0.4 is 5.32 Å². The molecule has 2 heterocycles. The number of carbonyl (C=O) groups excluding carboxylic acids is 2. The molecule has 1 fully saturated rings. The number of carboxylic acid groups (broad SMARTS) is 1. The summed E-state index contributed by atoms with van der Waals surface area (Å²) in [6, 6.07) is 10.2. The third-order valence-corrected chi connectivity index (χ3v) is 5.67. The van der Waals surface area contributed by atoms with E-state index in [9.17, 15) is 14.4 Å². The van der Waals surface area contributed by atoms with Crippen molar-refractivity contribution < 1.29 is 23.9 Å². The average molecular weight is 382 g/mol. The summed E-state index contributed by atoms with van der Waals surface area (Å²) in [4.78, 5) is 38.7. The Balaban J connectivity index is 1.54. The fraction of sp³-hybridized carbons (Fsp3) is 0.381. The van der Waals surface area contributed by atoms with Gasteiger partial charge >= 0.3 is 5.97 Å². The van der Waals surface area contributed by atoms with Gasteiger partial charge < -0.3 is 19.7 Å². The molecule has 3 atom stereocenters. The number of nitrogens with zero attached hydrogens (tertiary/aromatic N) is 1. The monoisotopic (exact) mass is 382 g/mol. The number of benzene rings is 1. The van der Waals surface area contributed by atoms with E-state index in [0.717, 1.165) is 11.1 Å². The van der Waals surface area contributed by atoms with Gasteiger partial charge in [0.25, 0.3) is 5.91 Å². The maximum atomic E-state index is 13.0. The van der Waals surface area contributed by atoms with Gasteiger partial charge in [-0.25, -0.2) is 0 Å². The van der Waals surface area contributed by atoms with Crippen molar-refractivity contribution in [2.45, 2.75) is 44.3 Å². The van der Waals surface area contributed by atoms with E-state index in [2.05, 4.69) is 5.32 Å². The quantitative estimate of drug-likeness (QED) is 0.845. The molecule has 2 N–H and O–H groups in total. The van der Waals surface area contributed by atoms with Gasteiger partial charge in [0.1, 0.15) is 6.04 Å². The number of amides is 2. The van der Waals surface area contributed by atoms with Crippen LogP contribution in [0.3, 0.4) is 0 Å². The highest BCUT2D eigenvalue weighted by Gasteiger charge is 2.38. The van der Waals surface area contributed by atoms with Crippen molar-refractivity contribution in [3.05, 3.63) is 59.5 Å². The number of fused-ring (bicyclic) bond motifs is 1. The van der Waals surface area contributed by atoms with Crippen molar-refractivity contribution in [1.82, 2.24) is 10.2 Å². The van der Waals surface area contributed by atoms with Gasteiger partial charge in [-0.2, -0.15) is 0 Å². The second kappa shape index (κ2) is 7.50. The highest BCUT2D eigenvalue weighted by molar-refractivity contribution is 5.96. The summed E-state index contributed by atoms with van der Waals surface area (Å²) in [6.45, 7) is 0.330. The van der Waals surface area contributed by atoms with Gasteiger partial charge in [-0.05, 0) is 42.5 Å². The minimum absolute atomic E-state index is 0.175. The lowest BCUT2D eigenvalue weighted by molar-refractivity contribution is -0.141. The summed E-state index contributed by atoms with van der Waals surface area (Å²) in [5, 5.41) is 12.1. The predicted molar refractivity (Wildman–Crippen MR) is 99.4 cm³/mol. The highest BCUT2D eigenvalue weighted by atomic mass is 16.4. The molecule has 28 heavy (non-hydrogen) atoms. The number of rotatable bonds is 4. The summed E-state index contributed by atoms with van der Waals surface area (Å²) < 4.78 is 5.25. The van der Waals surface area contributed by atoms with Crippen LogP contribution in [-0.2, 0) is 22.6 Å². The Morgan fingerprint density at radius 1 is 1.07 bits per heavy atom. The number of nitrogens with one attached hydrogen (secondary N) is 1. The lowest BCUT2D eigenvalue weighted by atomic mass is 9.93. The number of furan rings is 1. The van der Waals surface area contributed by atoms with Crippen molar-refractivity contribution >= 4 is 17.8 Å². The van der Waals surface area contributed by atoms with Crippen LogP contribution in [0.2, 0.25) is 0 Å². The third kappa shape index (κ3) is 3.52. The molecule has 0 bridgehead atoms. The molecular weight excluding hydrogens is 360 g/mol. The maximum absolute atomic E-state index is 13.0. The van der Waals surface area contributed by atoms with E-state index in [1.165, 1.54) is 6.26 Å². The van der Waals surface area contributed by atoms with Gasteiger partial charge in [-0.1, -0.05) is 24.3 Å². The lowest BCUT2D eigenvalue weighted by Gasteiger charge is -2.36. The molecule has 1 unspecified atom stereocenters. The molecule has 2 aromatic rings.